The van der Waals surface area contributed by atoms with Crippen molar-refractivity contribution in [3.8, 4) is 23.0 Å². The lowest BCUT2D eigenvalue weighted by atomic mass is 10.1. The Labute approximate surface area is 151 Å². The van der Waals surface area contributed by atoms with Crippen LogP contribution in [0.1, 0.15) is 11.1 Å². The number of hydrogen-bond acceptors (Lipinski definition) is 5. The number of ether oxygens (including phenoxy) is 2. The smallest absolute Gasteiger partial charge is 0.247 e. The second kappa shape index (κ2) is 6.88. The van der Waals surface area contributed by atoms with Gasteiger partial charge < -0.3 is 13.9 Å². The second-order valence-electron chi connectivity index (χ2n) is 5.88. The van der Waals surface area contributed by atoms with E-state index in [0.717, 1.165) is 28.0 Å². The summed E-state index contributed by atoms with van der Waals surface area (Å²) in [5.74, 6) is 2.06. The molecule has 0 atom stereocenters. The molecular formula is C21H18N2O3. The van der Waals surface area contributed by atoms with Crippen LogP contribution in [0, 0.1) is 6.92 Å². The van der Waals surface area contributed by atoms with Crippen LogP contribution in [0.15, 0.2) is 65.2 Å². The summed E-state index contributed by atoms with van der Waals surface area (Å²) in [4.78, 5) is 8.71. The van der Waals surface area contributed by atoms with E-state index in [4.69, 9.17) is 13.9 Å². The molecule has 0 amide bonds. The molecule has 2 aromatic heterocycles. The fourth-order valence-corrected chi connectivity index (χ4v) is 2.85. The maximum absolute atomic E-state index is 6.08. The molecule has 0 spiro atoms. The van der Waals surface area contributed by atoms with E-state index in [1.807, 2.05) is 61.5 Å². The fraction of sp³-hybridized carbons (Fsp3) is 0.143. The van der Waals surface area contributed by atoms with Crippen LogP contribution in [0.5, 0.6) is 11.5 Å². The van der Waals surface area contributed by atoms with Crippen molar-refractivity contribution in [2.45, 2.75) is 13.5 Å². The Kier molecular flexibility index (Phi) is 4.27. The van der Waals surface area contributed by atoms with Gasteiger partial charge in [0.1, 0.15) is 23.6 Å². The second-order valence-corrected chi connectivity index (χ2v) is 5.88. The molecule has 0 fully saturated rings. The van der Waals surface area contributed by atoms with Crippen molar-refractivity contribution in [3.05, 3.63) is 71.9 Å². The zero-order valence-corrected chi connectivity index (χ0v) is 14.6. The maximum atomic E-state index is 6.08. The Hall–Kier alpha value is -3.34. The van der Waals surface area contributed by atoms with Crippen molar-refractivity contribution < 1.29 is 13.9 Å². The van der Waals surface area contributed by atoms with Gasteiger partial charge in [-0.2, -0.15) is 0 Å². The van der Waals surface area contributed by atoms with Gasteiger partial charge in [0.2, 0.25) is 11.6 Å². The van der Waals surface area contributed by atoms with E-state index in [-0.39, 0.29) is 0 Å². The van der Waals surface area contributed by atoms with E-state index in [1.165, 1.54) is 0 Å². The van der Waals surface area contributed by atoms with E-state index in [9.17, 15) is 0 Å². The first-order valence-electron chi connectivity index (χ1n) is 8.32. The Bertz CT molecular complexity index is 1020. The van der Waals surface area contributed by atoms with Gasteiger partial charge in [-0.3, -0.25) is 0 Å². The van der Waals surface area contributed by atoms with Gasteiger partial charge in [0.05, 0.1) is 12.7 Å². The van der Waals surface area contributed by atoms with Crippen molar-refractivity contribution in [3.63, 3.8) is 0 Å². The average molecular weight is 346 g/mol. The molecule has 0 aliphatic rings. The molecule has 0 N–H and O–H groups in total. The quantitative estimate of drug-likeness (QED) is 0.520. The number of methoxy groups -OCH3 is 1. The minimum absolute atomic E-state index is 0.429. The molecule has 0 aliphatic carbocycles. The van der Waals surface area contributed by atoms with Crippen LogP contribution in [-0.4, -0.2) is 17.1 Å². The van der Waals surface area contributed by atoms with Gasteiger partial charge >= 0.3 is 0 Å². The molecule has 4 aromatic rings. The lowest BCUT2D eigenvalue weighted by molar-refractivity contribution is 0.304. The van der Waals surface area contributed by atoms with Crippen LogP contribution < -0.4 is 9.47 Å². The Morgan fingerprint density at radius 3 is 2.65 bits per heavy atom. The lowest BCUT2D eigenvalue weighted by Crippen LogP contribution is -2.00. The third-order valence-electron chi connectivity index (χ3n) is 4.28. The third kappa shape index (κ3) is 2.99. The molecule has 0 saturated carbocycles. The number of benzene rings is 2. The molecule has 26 heavy (non-hydrogen) atoms. The first kappa shape index (κ1) is 16.1. The standard InChI is InChI=1S/C21H18N2O3/c1-14-15(7-5-11-18(14)24-2)13-25-19-10-4-3-8-16(19)20-23-17-9-6-12-22-21(17)26-20/h3-12H,13H2,1-2H3. The highest BCUT2D eigenvalue weighted by molar-refractivity contribution is 5.74. The normalized spacial score (nSPS) is 10.8. The van der Waals surface area contributed by atoms with Gasteiger partial charge in [-0.15, -0.1) is 0 Å². The fourth-order valence-electron chi connectivity index (χ4n) is 2.85. The van der Waals surface area contributed by atoms with Crippen molar-refractivity contribution >= 4 is 11.2 Å². The summed E-state index contributed by atoms with van der Waals surface area (Å²) in [6.45, 7) is 2.45. The molecule has 0 saturated heterocycles. The predicted molar refractivity (Wildman–Crippen MR) is 99.3 cm³/mol. The Morgan fingerprint density at radius 2 is 1.81 bits per heavy atom. The van der Waals surface area contributed by atoms with Crippen molar-refractivity contribution in [1.29, 1.82) is 0 Å². The molecule has 2 aromatic carbocycles. The molecule has 5 nitrogen and oxygen atoms in total. The van der Waals surface area contributed by atoms with Crippen LogP contribution in [0.3, 0.4) is 0 Å². The highest BCUT2D eigenvalue weighted by Gasteiger charge is 2.14. The maximum Gasteiger partial charge on any atom is 0.247 e. The SMILES string of the molecule is COc1cccc(COc2ccccc2-c2nc3cccnc3o2)c1C. The van der Waals surface area contributed by atoms with Crippen LogP contribution in [0.25, 0.3) is 22.7 Å². The topological polar surface area (TPSA) is 57.4 Å². The third-order valence-corrected chi connectivity index (χ3v) is 4.28. The van der Waals surface area contributed by atoms with Gasteiger partial charge in [-0.1, -0.05) is 24.3 Å². The number of para-hydroxylation sites is 1. The summed E-state index contributed by atoms with van der Waals surface area (Å²) < 4.78 is 17.2. The lowest BCUT2D eigenvalue weighted by Gasteiger charge is -2.13. The molecule has 4 rings (SSSR count). The molecule has 5 heteroatoms. The summed E-state index contributed by atoms with van der Waals surface area (Å²) >= 11 is 0. The van der Waals surface area contributed by atoms with E-state index in [1.54, 1.807) is 13.3 Å². The van der Waals surface area contributed by atoms with Gasteiger partial charge in [0, 0.05) is 6.20 Å². The Balaban J connectivity index is 1.64. The molecule has 0 aliphatic heterocycles. The largest absolute Gasteiger partial charge is 0.496 e. The van der Waals surface area contributed by atoms with Crippen LogP contribution in [-0.2, 0) is 6.61 Å². The van der Waals surface area contributed by atoms with Crippen molar-refractivity contribution in [2.24, 2.45) is 0 Å². The monoisotopic (exact) mass is 346 g/mol. The molecule has 130 valence electrons. The summed E-state index contributed by atoms with van der Waals surface area (Å²) in [5.41, 5.74) is 4.17. The number of oxazole rings is 1. The first-order chi connectivity index (χ1) is 12.8. The highest BCUT2D eigenvalue weighted by Crippen LogP contribution is 2.32. The van der Waals surface area contributed by atoms with E-state index in [0.29, 0.717) is 24.0 Å². The Morgan fingerprint density at radius 1 is 0.962 bits per heavy atom. The minimum Gasteiger partial charge on any atom is -0.496 e. The number of fused-ring (bicyclic) bond motifs is 1. The highest BCUT2D eigenvalue weighted by atomic mass is 16.5. The van der Waals surface area contributed by atoms with E-state index < -0.39 is 0 Å². The zero-order valence-electron chi connectivity index (χ0n) is 14.6. The average Bonchev–Trinajstić information content (AvgIpc) is 3.11. The molecule has 0 unspecified atom stereocenters. The molecule has 2 heterocycles. The van der Waals surface area contributed by atoms with Gasteiger partial charge in [0.15, 0.2) is 0 Å². The van der Waals surface area contributed by atoms with E-state index in [2.05, 4.69) is 9.97 Å². The summed E-state index contributed by atoms with van der Waals surface area (Å²) in [7, 11) is 1.67. The number of hydrogen-bond donors (Lipinski definition) is 0. The van der Waals surface area contributed by atoms with E-state index >= 15 is 0 Å². The summed E-state index contributed by atoms with van der Waals surface area (Å²) in [5, 5.41) is 0. The van der Waals surface area contributed by atoms with Crippen molar-refractivity contribution in [1.82, 2.24) is 9.97 Å². The van der Waals surface area contributed by atoms with Gasteiger partial charge in [0.25, 0.3) is 0 Å². The van der Waals surface area contributed by atoms with Crippen LogP contribution in [0.4, 0.5) is 0 Å². The number of aromatic nitrogens is 2. The summed E-state index contributed by atoms with van der Waals surface area (Å²) in [6, 6.07) is 17.3. The zero-order chi connectivity index (χ0) is 17.9. The minimum atomic E-state index is 0.429. The first-order valence-corrected chi connectivity index (χ1v) is 8.32. The van der Waals surface area contributed by atoms with Gasteiger partial charge in [-0.05, 0) is 48.4 Å². The number of nitrogens with zero attached hydrogens (tertiary/aromatic N) is 2. The van der Waals surface area contributed by atoms with Gasteiger partial charge in [-0.25, -0.2) is 9.97 Å². The summed E-state index contributed by atoms with van der Waals surface area (Å²) in [6.07, 6.45) is 1.69. The predicted octanol–water partition coefficient (Wildman–Crippen LogP) is 4.79. The van der Waals surface area contributed by atoms with Crippen LogP contribution in [0.2, 0.25) is 0 Å². The molecule has 0 bridgehead atoms. The number of rotatable bonds is 5. The molecule has 0 radical (unpaired) electrons. The molecular weight excluding hydrogens is 328 g/mol. The number of pyridine rings is 1. The van der Waals surface area contributed by atoms with Crippen LogP contribution >= 0.6 is 0 Å². The van der Waals surface area contributed by atoms with Crippen molar-refractivity contribution in [2.75, 3.05) is 7.11 Å².